The van der Waals surface area contributed by atoms with Crippen molar-refractivity contribution in [3.8, 4) is 5.75 Å². The van der Waals surface area contributed by atoms with Crippen LogP contribution in [-0.2, 0) is 6.42 Å². The number of hydrogen-bond donors (Lipinski definition) is 2. The first-order valence-corrected chi connectivity index (χ1v) is 7.12. The Morgan fingerprint density at radius 2 is 2.05 bits per heavy atom. The van der Waals surface area contributed by atoms with Crippen molar-refractivity contribution in [1.82, 2.24) is 5.32 Å². The largest absolute Gasteiger partial charge is 0.413 e. The molecule has 0 bridgehead atoms. The summed E-state index contributed by atoms with van der Waals surface area (Å²) >= 11 is 0. The molecule has 0 fully saturated rings. The minimum absolute atomic E-state index is 0.0882. The minimum Gasteiger partial charge on any atom is -0.410 e. The normalized spacial score (nSPS) is 14.0. The van der Waals surface area contributed by atoms with Gasteiger partial charge < -0.3 is 15.4 Å². The number of benzene rings is 2. The molecule has 1 atom stereocenters. The third-order valence-electron chi connectivity index (χ3n) is 3.63. The Morgan fingerprint density at radius 3 is 2.86 bits per heavy atom. The Hall–Kier alpha value is -2.49. The van der Waals surface area contributed by atoms with Gasteiger partial charge in [-0.1, -0.05) is 30.3 Å². The van der Waals surface area contributed by atoms with Crippen LogP contribution < -0.4 is 15.4 Å². The molecule has 0 radical (unpaired) electrons. The van der Waals surface area contributed by atoms with E-state index in [4.69, 9.17) is 4.74 Å². The molecule has 1 amide bonds. The molecule has 1 aliphatic heterocycles. The number of carbonyl (C=O) groups is 1. The molecular formula is C17H18N2O2. The predicted molar refractivity (Wildman–Crippen MR) is 82.7 cm³/mol. The van der Waals surface area contributed by atoms with Crippen molar-refractivity contribution in [2.45, 2.75) is 19.4 Å². The predicted octanol–water partition coefficient (Wildman–Crippen LogP) is 3.50. The van der Waals surface area contributed by atoms with Gasteiger partial charge in [0.1, 0.15) is 5.75 Å². The average Bonchev–Trinajstić information content (AvgIpc) is 2.95. The van der Waals surface area contributed by atoms with Crippen LogP contribution in [0, 0.1) is 0 Å². The zero-order valence-corrected chi connectivity index (χ0v) is 11.9. The summed E-state index contributed by atoms with van der Waals surface area (Å²) in [4.78, 5) is 11.9. The van der Waals surface area contributed by atoms with Gasteiger partial charge in [-0.15, -0.1) is 0 Å². The third-order valence-corrected chi connectivity index (χ3v) is 3.63. The van der Waals surface area contributed by atoms with E-state index in [9.17, 15) is 4.79 Å². The molecule has 3 rings (SSSR count). The van der Waals surface area contributed by atoms with Gasteiger partial charge in [0.05, 0.1) is 6.04 Å². The SMILES string of the molecule is CC(NC(=O)Oc1ccc2c(c1)CCN2)c1ccccc1. The van der Waals surface area contributed by atoms with E-state index >= 15 is 0 Å². The molecule has 108 valence electrons. The molecule has 0 aromatic heterocycles. The Labute approximate surface area is 124 Å². The van der Waals surface area contributed by atoms with Crippen molar-refractivity contribution in [2.75, 3.05) is 11.9 Å². The number of anilines is 1. The van der Waals surface area contributed by atoms with Crippen molar-refractivity contribution in [3.63, 3.8) is 0 Å². The molecule has 1 aliphatic rings. The van der Waals surface area contributed by atoms with Crippen LogP contribution in [0.4, 0.5) is 10.5 Å². The van der Waals surface area contributed by atoms with E-state index < -0.39 is 6.09 Å². The van der Waals surface area contributed by atoms with Crippen LogP contribution >= 0.6 is 0 Å². The van der Waals surface area contributed by atoms with E-state index in [1.165, 1.54) is 5.56 Å². The fourth-order valence-corrected chi connectivity index (χ4v) is 2.48. The Morgan fingerprint density at radius 1 is 1.24 bits per heavy atom. The fourth-order valence-electron chi connectivity index (χ4n) is 2.48. The number of hydrogen-bond acceptors (Lipinski definition) is 3. The van der Waals surface area contributed by atoms with Crippen LogP contribution in [0.2, 0.25) is 0 Å². The number of amides is 1. The first-order chi connectivity index (χ1) is 10.2. The van der Waals surface area contributed by atoms with E-state index in [1.54, 1.807) is 0 Å². The summed E-state index contributed by atoms with van der Waals surface area (Å²) in [6.45, 7) is 2.87. The van der Waals surface area contributed by atoms with Crippen molar-refractivity contribution >= 4 is 11.8 Å². The van der Waals surface area contributed by atoms with E-state index in [0.717, 1.165) is 24.2 Å². The molecule has 21 heavy (non-hydrogen) atoms. The molecule has 0 saturated carbocycles. The molecule has 2 aromatic rings. The summed E-state index contributed by atoms with van der Waals surface area (Å²) in [6.07, 6.45) is 0.534. The van der Waals surface area contributed by atoms with E-state index in [-0.39, 0.29) is 6.04 Å². The van der Waals surface area contributed by atoms with Gasteiger partial charge in [0.15, 0.2) is 0 Å². The lowest BCUT2D eigenvalue weighted by molar-refractivity contribution is 0.197. The minimum atomic E-state index is -0.433. The number of ether oxygens (including phenoxy) is 1. The van der Waals surface area contributed by atoms with E-state index in [0.29, 0.717) is 5.75 Å². The summed E-state index contributed by atoms with van der Waals surface area (Å²) in [5.74, 6) is 0.579. The molecule has 2 N–H and O–H groups in total. The molecule has 1 heterocycles. The smallest absolute Gasteiger partial charge is 0.410 e. The second kappa shape index (κ2) is 5.87. The lowest BCUT2D eigenvalue weighted by Gasteiger charge is -2.14. The second-order valence-corrected chi connectivity index (χ2v) is 5.16. The van der Waals surface area contributed by atoms with Gasteiger partial charge in [-0.05, 0) is 42.7 Å². The van der Waals surface area contributed by atoms with Gasteiger partial charge in [-0.2, -0.15) is 0 Å². The summed E-state index contributed by atoms with van der Waals surface area (Å²) in [5, 5.41) is 6.11. The molecular weight excluding hydrogens is 264 g/mol. The topological polar surface area (TPSA) is 50.4 Å². The van der Waals surface area contributed by atoms with E-state index in [2.05, 4.69) is 10.6 Å². The molecule has 0 spiro atoms. The van der Waals surface area contributed by atoms with Gasteiger partial charge in [0, 0.05) is 12.2 Å². The Bertz CT molecular complexity index is 640. The highest BCUT2D eigenvalue weighted by atomic mass is 16.6. The summed E-state index contributed by atoms with van der Waals surface area (Å²) in [5.41, 5.74) is 3.37. The first-order valence-electron chi connectivity index (χ1n) is 7.12. The molecule has 4 heteroatoms. The summed E-state index contributed by atoms with van der Waals surface area (Å²) in [6, 6.07) is 15.4. The molecule has 1 unspecified atom stereocenters. The van der Waals surface area contributed by atoms with Crippen molar-refractivity contribution in [1.29, 1.82) is 0 Å². The maximum Gasteiger partial charge on any atom is 0.413 e. The van der Waals surface area contributed by atoms with E-state index in [1.807, 2.05) is 55.5 Å². The molecule has 4 nitrogen and oxygen atoms in total. The monoisotopic (exact) mass is 282 g/mol. The molecule has 0 aliphatic carbocycles. The van der Waals surface area contributed by atoms with Crippen LogP contribution in [0.3, 0.4) is 0 Å². The number of carbonyl (C=O) groups excluding carboxylic acids is 1. The second-order valence-electron chi connectivity index (χ2n) is 5.16. The van der Waals surface area contributed by atoms with Crippen LogP contribution in [0.1, 0.15) is 24.1 Å². The molecule has 0 saturated heterocycles. The van der Waals surface area contributed by atoms with Crippen molar-refractivity contribution in [2.24, 2.45) is 0 Å². The summed E-state index contributed by atoms with van der Waals surface area (Å²) in [7, 11) is 0. The van der Waals surface area contributed by atoms with Crippen LogP contribution in [0.15, 0.2) is 48.5 Å². The van der Waals surface area contributed by atoms with Gasteiger partial charge in [-0.3, -0.25) is 0 Å². The van der Waals surface area contributed by atoms with Gasteiger partial charge in [-0.25, -0.2) is 4.79 Å². The zero-order valence-electron chi connectivity index (χ0n) is 11.9. The third kappa shape index (κ3) is 3.16. The van der Waals surface area contributed by atoms with Crippen molar-refractivity contribution < 1.29 is 9.53 Å². The van der Waals surface area contributed by atoms with Crippen molar-refractivity contribution in [3.05, 3.63) is 59.7 Å². The van der Waals surface area contributed by atoms with Gasteiger partial charge in [0.2, 0.25) is 0 Å². The highest BCUT2D eigenvalue weighted by Crippen LogP contribution is 2.26. The van der Waals surface area contributed by atoms with Crippen LogP contribution in [-0.4, -0.2) is 12.6 Å². The van der Waals surface area contributed by atoms with Crippen LogP contribution in [0.5, 0.6) is 5.75 Å². The van der Waals surface area contributed by atoms with Crippen LogP contribution in [0.25, 0.3) is 0 Å². The van der Waals surface area contributed by atoms with Gasteiger partial charge >= 0.3 is 6.09 Å². The van der Waals surface area contributed by atoms with Gasteiger partial charge in [0.25, 0.3) is 0 Å². The Kier molecular flexibility index (Phi) is 3.77. The maximum atomic E-state index is 11.9. The lowest BCUT2D eigenvalue weighted by atomic mass is 10.1. The quantitative estimate of drug-likeness (QED) is 0.905. The fraction of sp³-hybridized carbons (Fsp3) is 0.235. The number of nitrogens with one attached hydrogen (secondary N) is 2. The number of fused-ring (bicyclic) bond motifs is 1. The number of rotatable bonds is 3. The molecule has 2 aromatic carbocycles. The zero-order chi connectivity index (χ0) is 14.7. The standard InChI is InChI=1S/C17H18N2O2/c1-12(13-5-3-2-4-6-13)19-17(20)21-15-7-8-16-14(11-15)9-10-18-16/h2-8,11-12,18H,9-10H2,1H3,(H,19,20). The first kappa shape index (κ1) is 13.5. The highest BCUT2D eigenvalue weighted by Gasteiger charge is 2.14. The lowest BCUT2D eigenvalue weighted by Crippen LogP contribution is -2.29. The highest BCUT2D eigenvalue weighted by molar-refractivity contribution is 5.71. The maximum absolute atomic E-state index is 11.9. The Balaban J connectivity index is 1.61. The average molecular weight is 282 g/mol. The summed E-state index contributed by atoms with van der Waals surface area (Å²) < 4.78 is 5.35.